The Kier molecular flexibility index (Phi) is 2.78. The van der Waals surface area contributed by atoms with Gasteiger partial charge in [0.2, 0.25) is 0 Å². The highest BCUT2D eigenvalue weighted by Gasteiger charge is 2.32. The molecule has 0 fully saturated rings. The highest BCUT2D eigenvalue weighted by Crippen LogP contribution is 2.33. The fourth-order valence-corrected chi connectivity index (χ4v) is 1.07. The van der Waals surface area contributed by atoms with Crippen LogP contribution in [0.15, 0.2) is 18.2 Å². The minimum Gasteiger partial charge on any atom is -0.398 e. The average molecular weight is 203 g/mol. The molecule has 76 valence electrons. The van der Waals surface area contributed by atoms with Crippen molar-refractivity contribution in [1.29, 1.82) is 0 Å². The van der Waals surface area contributed by atoms with Crippen molar-refractivity contribution >= 4 is 12.0 Å². The number of anilines is 1. The van der Waals surface area contributed by atoms with Crippen molar-refractivity contribution in [2.24, 2.45) is 0 Å². The monoisotopic (exact) mass is 203 g/mol. The number of carbonyl (C=O) groups is 1. The molecular weight excluding hydrogens is 195 g/mol. The third-order valence-corrected chi connectivity index (χ3v) is 1.74. The minimum absolute atomic E-state index is 0.0383. The molecule has 5 heteroatoms. The van der Waals surface area contributed by atoms with Gasteiger partial charge in [-0.2, -0.15) is 13.2 Å². The zero-order chi connectivity index (χ0) is 10.8. The number of alkyl halides is 3. The fourth-order valence-electron chi connectivity index (χ4n) is 1.07. The van der Waals surface area contributed by atoms with Crippen LogP contribution in [0.1, 0.15) is 11.1 Å². The highest BCUT2D eigenvalue weighted by atomic mass is 19.4. The molecule has 14 heavy (non-hydrogen) atoms. The second-order valence-electron chi connectivity index (χ2n) is 2.79. The molecule has 0 atom stereocenters. The molecule has 0 aliphatic carbocycles. The van der Waals surface area contributed by atoms with E-state index >= 15 is 0 Å². The van der Waals surface area contributed by atoms with Crippen molar-refractivity contribution in [1.82, 2.24) is 0 Å². The summed E-state index contributed by atoms with van der Waals surface area (Å²) in [5, 5.41) is 0. The molecule has 2 nitrogen and oxygen atoms in total. The van der Waals surface area contributed by atoms with Crippen molar-refractivity contribution in [3.8, 4) is 0 Å². The first-order chi connectivity index (χ1) is 6.45. The first-order valence-electron chi connectivity index (χ1n) is 3.84. The Morgan fingerprint density at radius 3 is 2.50 bits per heavy atom. The van der Waals surface area contributed by atoms with Crippen LogP contribution < -0.4 is 5.73 Å². The Morgan fingerprint density at radius 1 is 1.36 bits per heavy atom. The molecule has 0 aliphatic heterocycles. The molecule has 0 spiro atoms. The topological polar surface area (TPSA) is 43.1 Å². The first kappa shape index (κ1) is 10.6. The van der Waals surface area contributed by atoms with Gasteiger partial charge in [0.25, 0.3) is 0 Å². The first-order valence-corrected chi connectivity index (χ1v) is 3.84. The number of benzene rings is 1. The van der Waals surface area contributed by atoms with Gasteiger partial charge in [0.1, 0.15) is 6.29 Å². The number of aldehydes is 1. The van der Waals surface area contributed by atoms with E-state index in [1.54, 1.807) is 0 Å². The lowest BCUT2D eigenvalue weighted by atomic mass is 10.1. The van der Waals surface area contributed by atoms with E-state index in [4.69, 9.17) is 5.73 Å². The van der Waals surface area contributed by atoms with E-state index in [-0.39, 0.29) is 12.1 Å². The van der Waals surface area contributed by atoms with E-state index < -0.39 is 11.7 Å². The lowest BCUT2D eigenvalue weighted by molar-refractivity contribution is -0.137. The molecule has 1 rings (SSSR count). The lowest BCUT2D eigenvalue weighted by Gasteiger charge is -2.10. The number of hydrogen-bond acceptors (Lipinski definition) is 2. The molecule has 1 aromatic carbocycles. The number of nitrogen functional groups attached to an aromatic ring is 1. The molecule has 1 aromatic rings. The molecule has 0 amide bonds. The van der Waals surface area contributed by atoms with Gasteiger partial charge in [0.15, 0.2) is 0 Å². The van der Waals surface area contributed by atoms with Crippen LogP contribution in [-0.2, 0) is 17.4 Å². The summed E-state index contributed by atoms with van der Waals surface area (Å²) in [5.41, 5.74) is 4.25. The van der Waals surface area contributed by atoms with Crippen LogP contribution in [0.25, 0.3) is 0 Å². The SMILES string of the molecule is Nc1ccc(CC=O)cc1C(F)(F)F. The summed E-state index contributed by atoms with van der Waals surface area (Å²) in [6, 6.07) is 3.45. The molecule has 0 bridgehead atoms. The third kappa shape index (κ3) is 2.25. The zero-order valence-corrected chi connectivity index (χ0v) is 7.14. The summed E-state index contributed by atoms with van der Waals surface area (Å²) < 4.78 is 36.9. The fraction of sp³-hybridized carbons (Fsp3) is 0.222. The summed E-state index contributed by atoms with van der Waals surface area (Å²) in [6.07, 6.45) is -3.96. The van der Waals surface area contributed by atoms with Crippen LogP contribution in [0, 0.1) is 0 Å². The second kappa shape index (κ2) is 3.69. The molecular formula is C9H8F3NO. The van der Waals surface area contributed by atoms with Crippen molar-refractivity contribution in [3.63, 3.8) is 0 Å². The predicted molar refractivity (Wildman–Crippen MR) is 45.6 cm³/mol. The molecule has 0 saturated carbocycles. The summed E-state index contributed by atoms with van der Waals surface area (Å²) in [4.78, 5) is 10.1. The smallest absolute Gasteiger partial charge is 0.398 e. The molecule has 2 N–H and O–H groups in total. The predicted octanol–water partition coefficient (Wildman–Crippen LogP) is 2.03. The summed E-state index contributed by atoms with van der Waals surface area (Å²) in [5.74, 6) is 0. The van der Waals surface area contributed by atoms with Crippen LogP contribution in [0.3, 0.4) is 0 Å². The van der Waals surface area contributed by atoms with Gasteiger partial charge in [-0.05, 0) is 17.7 Å². The second-order valence-corrected chi connectivity index (χ2v) is 2.79. The average Bonchev–Trinajstić information content (AvgIpc) is 2.07. The molecule has 0 aromatic heterocycles. The van der Waals surface area contributed by atoms with Crippen LogP contribution in [0.4, 0.5) is 18.9 Å². The third-order valence-electron chi connectivity index (χ3n) is 1.74. The van der Waals surface area contributed by atoms with Gasteiger partial charge in [-0.3, -0.25) is 0 Å². The van der Waals surface area contributed by atoms with Gasteiger partial charge in [-0.15, -0.1) is 0 Å². The van der Waals surface area contributed by atoms with Gasteiger partial charge in [0, 0.05) is 12.1 Å². The van der Waals surface area contributed by atoms with Crippen molar-refractivity contribution in [3.05, 3.63) is 29.3 Å². The number of hydrogen-bond donors (Lipinski definition) is 1. The number of rotatable bonds is 2. The Morgan fingerprint density at radius 2 is 2.00 bits per heavy atom. The molecule has 0 unspecified atom stereocenters. The number of carbonyl (C=O) groups excluding carboxylic acids is 1. The maximum Gasteiger partial charge on any atom is 0.418 e. The van der Waals surface area contributed by atoms with Gasteiger partial charge >= 0.3 is 6.18 Å². The van der Waals surface area contributed by atoms with E-state index in [1.807, 2.05) is 0 Å². The number of nitrogens with two attached hydrogens (primary N) is 1. The summed E-state index contributed by atoms with van der Waals surface area (Å²) >= 11 is 0. The Bertz CT molecular complexity index is 346. The highest BCUT2D eigenvalue weighted by molar-refractivity contribution is 5.58. The van der Waals surface area contributed by atoms with Gasteiger partial charge < -0.3 is 10.5 Å². The Labute approximate surface area is 78.5 Å². The summed E-state index contributed by atoms with van der Waals surface area (Å²) in [7, 11) is 0. The van der Waals surface area contributed by atoms with Crippen LogP contribution >= 0.6 is 0 Å². The number of halogens is 3. The maximum atomic E-state index is 12.3. The van der Waals surface area contributed by atoms with Crippen LogP contribution in [0.2, 0.25) is 0 Å². The zero-order valence-electron chi connectivity index (χ0n) is 7.14. The minimum atomic E-state index is -4.47. The Hall–Kier alpha value is -1.52. The van der Waals surface area contributed by atoms with Crippen molar-refractivity contribution in [2.75, 3.05) is 5.73 Å². The largest absolute Gasteiger partial charge is 0.418 e. The van der Waals surface area contributed by atoms with E-state index in [2.05, 4.69) is 0 Å². The molecule has 0 saturated heterocycles. The Balaban J connectivity index is 3.15. The van der Waals surface area contributed by atoms with Gasteiger partial charge in [-0.25, -0.2) is 0 Å². The lowest BCUT2D eigenvalue weighted by Crippen LogP contribution is -2.09. The van der Waals surface area contributed by atoms with E-state index in [9.17, 15) is 18.0 Å². The maximum absolute atomic E-state index is 12.3. The van der Waals surface area contributed by atoms with Gasteiger partial charge in [0.05, 0.1) is 5.56 Å². The standard InChI is InChI=1S/C9H8F3NO/c10-9(11,12)7-5-6(3-4-14)1-2-8(7)13/h1-2,4-5H,3,13H2. The summed E-state index contributed by atoms with van der Waals surface area (Å²) in [6.45, 7) is 0. The van der Waals surface area contributed by atoms with Crippen molar-refractivity contribution in [2.45, 2.75) is 12.6 Å². The van der Waals surface area contributed by atoms with Gasteiger partial charge in [-0.1, -0.05) is 6.07 Å². The normalized spacial score (nSPS) is 11.4. The quantitative estimate of drug-likeness (QED) is 0.590. The van der Waals surface area contributed by atoms with Crippen molar-refractivity contribution < 1.29 is 18.0 Å². The molecule has 0 radical (unpaired) electrons. The van der Waals surface area contributed by atoms with Crippen LogP contribution in [-0.4, -0.2) is 6.29 Å². The molecule has 0 aliphatic rings. The van der Waals surface area contributed by atoms with E-state index in [0.717, 1.165) is 12.1 Å². The molecule has 0 heterocycles. The van der Waals surface area contributed by atoms with E-state index in [0.29, 0.717) is 11.8 Å². The van der Waals surface area contributed by atoms with Crippen LogP contribution in [0.5, 0.6) is 0 Å². The van der Waals surface area contributed by atoms with E-state index in [1.165, 1.54) is 6.07 Å².